The minimum Gasteiger partial charge on any atom is -0.464 e. The first-order valence-electron chi connectivity index (χ1n) is 5.83. The maximum atomic E-state index is 5.67. The highest BCUT2D eigenvalue weighted by atomic mass is 32.1. The summed E-state index contributed by atoms with van der Waals surface area (Å²) in [4.78, 5) is 5.80. The van der Waals surface area contributed by atoms with Crippen molar-refractivity contribution in [1.82, 2.24) is 4.98 Å². The molecule has 2 heterocycles. The number of aromatic nitrogens is 1. The fourth-order valence-corrected chi connectivity index (χ4v) is 3.03. The van der Waals surface area contributed by atoms with E-state index in [4.69, 9.17) is 10.2 Å². The fraction of sp³-hybridized carbons (Fsp3) is 0.214. The van der Waals surface area contributed by atoms with Crippen LogP contribution < -0.4 is 5.73 Å². The van der Waals surface area contributed by atoms with Crippen LogP contribution in [-0.2, 0) is 6.54 Å². The van der Waals surface area contributed by atoms with E-state index in [1.807, 2.05) is 13.0 Å². The normalized spacial score (nSPS) is 11.3. The lowest BCUT2D eigenvalue weighted by Gasteiger charge is -1.99. The average molecular weight is 258 g/mol. The van der Waals surface area contributed by atoms with Gasteiger partial charge in [0.2, 0.25) is 0 Å². The highest BCUT2D eigenvalue weighted by Crippen LogP contribution is 2.31. The van der Waals surface area contributed by atoms with Crippen molar-refractivity contribution in [2.75, 3.05) is 0 Å². The molecule has 0 aliphatic carbocycles. The van der Waals surface area contributed by atoms with Crippen molar-refractivity contribution in [2.45, 2.75) is 20.4 Å². The molecule has 2 aromatic heterocycles. The van der Waals surface area contributed by atoms with Crippen molar-refractivity contribution in [3.63, 3.8) is 0 Å². The van der Waals surface area contributed by atoms with E-state index < -0.39 is 0 Å². The number of nitrogens with zero attached hydrogens (tertiary/aromatic N) is 1. The molecule has 2 N–H and O–H groups in total. The van der Waals surface area contributed by atoms with E-state index in [-0.39, 0.29) is 0 Å². The summed E-state index contributed by atoms with van der Waals surface area (Å²) in [5.41, 5.74) is 9.73. The van der Waals surface area contributed by atoms with E-state index >= 15 is 0 Å². The zero-order valence-corrected chi connectivity index (χ0v) is 11.2. The molecule has 0 aliphatic heterocycles. The van der Waals surface area contributed by atoms with Crippen LogP contribution in [0.25, 0.3) is 22.2 Å². The van der Waals surface area contributed by atoms with Crippen LogP contribution in [0.15, 0.2) is 28.9 Å². The second-order valence-electron chi connectivity index (χ2n) is 4.31. The van der Waals surface area contributed by atoms with E-state index in [0.717, 1.165) is 32.8 Å². The molecule has 18 heavy (non-hydrogen) atoms. The molecule has 0 saturated heterocycles. The maximum absolute atomic E-state index is 5.67. The molecule has 3 rings (SSSR count). The second kappa shape index (κ2) is 4.23. The van der Waals surface area contributed by atoms with Gasteiger partial charge in [0, 0.05) is 27.9 Å². The molecule has 0 spiro atoms. The van der Waals surface area contributed by atoms with Crippen LogP contribution in [-0.4, -0.2) is 4.98 Å². The Morgan fingerprint density at radius 1 is 1.33 bits per heavy atom. The Morgan fingerprint density at radius 3 is 2.83 bits per heavy atom. The van der Waals surface area contributed by atoms with Crippen LogP contribution in [0.4, 0.5) is 0 Å². The molecular weight excluding hydrogens is 244 g/mol. The van der Waals surface area contributed by atoms with Gasteiger partial charge in [-0.3, -0.25) is 0 Å². The second-order valence-corrected chi connectivity index (χ2v) is 5.72. The summed E-state index contributed by atoms with van der Waals surface area (Å²) in [7, 11) is 0. The zero-order valence-electron chi connectivity index (χ0n) is 10.4. The van der Waals surface area contributed by atoms with E-state index in [0.29, 0.717) is 6.54 Å². The van der Waals surface area contributed by atoms with E-state index in [2.05, 4.69) is 24.0 Å². The smallest absolute Gasteiger partial charge is 0.134 e. The molecule has 0 radical (unpaired) electrons. The van der Waals surface area contributed by atoms with Crippen LogP contribution in [0, 0.1) is 13.8 Å². The minimum absolute atomic E-state index is 0.501. The molecule has 0 amide bonds. The Bertz CT molecular complexity index is 712. The lowest BCUT2D eigenvalue weighted by molar-refractivity contribution is 0.610. The number of furan rings is 1. The Morgan fingerprint density at radius 2 is 2.17 bits per heavy atom. The van der Waals surface area contributed by atoms with Gasteiger partial charge in [0.15, 0.2) is 0 Å². The number of nitrogens with two attached hydrogens (primary N) is 1. The van der Waals surface area contributed by atoms with Gasteiger partial charge in [-0.05, 0) is 19.9 Å². The third-order valence-corrected chi connectivity index (χ3v) is 3.94. The van der Waals surface area contributed by atoms with Crippen molar-refractivity contribution < 1.29 is 4.42 Å². The maximum Gasteiger partial charge on any atom is 0.134 e. The Hall–Kier alpha value is -1.65. The van der Waals surface area contributed by atoms with Crippen molar-refractivity contribution in [3.05, 3.63) is 39.9 Å². The first-order chi connectivity index (χ1) is 8.69. The van der Waals surface area contributed by atoms with Crippen molar-refractivity contribution >= 4 is 22.3 Å². The standard InChI is InChI=1S/C14H14N2OS/c1-8-14(16-9(2)18-8)10-3-4-12-11(6-15)7-17-13(12)5-10/h3-5,7H,6,15H2,1-2H3. The van der Waals surface area contributed by atoms with E-state index in [1.54, 1.807) is 17.6 Å². The predicted octanol–water partition coefficient (Wildman–Crippen LogP) is 3.63. The number of aryl methyl sites for hydroxylation is 2. The molecule has 0 atom stereocenters. The van der Waals surface area contributed by atoms with Crippen molar-refractivity contribution in [1.29, 1.82) is 0 Å². The summed E-state index contributed by atoms with van der Waals surface area (Å²) in [5.74, 6) is 0. The van der Waals surface area contributed by atoms with Gasteiger partial charge in [-0.25, -0.2) is 4.98 Å². The summed E-state index contributed by atoms with van der Waals surface area (Å²) < 4.78 is 5.54. The Balaban J connectivity index is 2.16. The zero-order chi connectivity index (χ0) is 12.7. The quantitative estimate of drug-likeness (QED) is 0.763. The summed E-state index contributed by atoms with van der Waals surface area (Å²) in [6, 6.07) is 6.18. The number of hydrogen-bond acceptors (Lipinski definition) is 4. The Labute approximate surface area is 109 Å². The molecule has 0 bridgehead atoms. The summed E-state index contributed by atoms with van der Waals surface area (Å²) in [5, 5.41) is 2.18. The van der Waals surface area contributed by atoms with Gasteiger partial charge in [0.25, 0.3) is 0 Å². The Kier molecular flexibility index (Phi) is 2.69. The molecule has 4 heteroatoms. The van der Waals surface area contributed by atoms with Crippen molar-refractivity contribution in [3.8, 4) is 11.3 Å². The van der Waals surface area contributed by atoms with Gasteiger partial charge in [-0.15, -0.1) is 11.3 Å². The van der Waals surface area contributed by atoms with E-state index in [1.165, 1.54) is 4.88 Å². The van der Waals surface area contributed by atoms with Gasteiger partial charge in [-0.1, -0.05) is 12.1 Å². The number of rotatable bonds is 2. The first kappa shape index (κ1) is 11.4. The molecule has 3 aromatic rings. The van der Waals surface area contributed by atoms with Crippen LogP contribution in [0.3, 0.4) is 0 Å². The highest BCUT2D eigenvalue weighted by Gasteiger charge is 2.10. The molecular formula is C14H14N2OS. The molecule has 0 unspecified atom stereocenters. The van der Waals surface area contributed by atoms with Crippen LogP contribution >= 0.6 is 11.3 Å². The predicted molar refractivity (Wildman–Crippen MR) is 74.7 cm³/mol. The number of hydrogen-bond donors (Lipinski definition) is 1. The van der Waals surface area contributed by atoms with Crippen LogP contribution in [0.1, 0.15) is 15.4 Å². The minimum atomic E-state index is 0.501. The van der Waals surface area contributed by atoms with Crippen molar-refractivity contribution in [2.24, 2.45) is 5.73 Å². The van der Waals surface area contributed by atoms with Crippen LogP contribution in [0.2, 0.25) is 0 Å². The molecule has 0 fully saturated rings. The van der Waals surface area contributed by atoms with Gasteiger partial charge in [0.05, 0.1) is 17.0 Å². The largest absolute Gasteiger partial charge is 0.464 e. The third kappa shape index (κ3) is 1.74. The topological polar surface area (TPSA) is 52.0 Å². The molecule has 0 saturated carbocycles. The van der Waals surface area contributed by atoms with Gasteiger partial charge < -0.3 is 10.2 Å². The molecule has 0 aliphatic rings. The number of fused-ring (bicyclic) bond motifs is 1. The highest BCUT2D eigenvalue weighted by molar-refractivity contribution is 7.11. The number of benzene rings is 1. The summed E-state index contributed by atoms with van der Waals surface area (Å²) in [6.07, 6.45) is 1.73. The molecule has 1 aromatic carbocycles. The fourth-order valence-electron chi connectivity index (χ4n) is 2.19. The van der Waals surface area contributed by atoms with Gasteiger partial charge in [-0.2, -0.15) is 0 Å². The lowest BCUT2D eigenvalue weighted by Crippen LogP contribution is -1.93. The first-order valence-corrected chi connectivity index (χ1v) is 6.65. The number of thiazole rings is 1. The summed E-state index contributed by atoms with van der Waals surface area (Å²) in [6.45, 7) is 4.62. The third-order valence-electron chi connectivity index (χ3n) is 3.05. The van der Waals surface area contributed by atoms with Gasteiger partial charge >= 0.3 is 0 Å². The average Bonchev–Trinajstić information content (AvgIpc) is 2.91. The molecule has 3 nitrogen and oxygen atoms in total. The van der Waals surface area contributed by atoms with E-state index in [9.17, 15) is 0 Å². The monoisotopic (exact) mass is 258 g/mol. The molecule has 92 valence electrons. The SMILES string of the molecule is Cc1nc(-c2ccc3c(CN)coc3c2)c(C)s1. The van der Waals surface area contributed by atoms with Crippen LogP contribution in [0.5, 0.6) is 0 Å². The lowest BCUT2D eigenvalue weighted by atomic mass is 10.1. The summed E-state index contributed by atoms with van der Waals surface area (Å²) >= 11 is 1.72. The van der Waals surface area contributed by atoms with Gasteiger partial charge in [0.1, 0.15) is 5.58 Å².